The fraction of sp³-hybridized carbons (Fsp3) is 0.574. The molecule has 14 heteroatoms. The van der Waals surface area contributed by atoms with Crippen LogP contribution in [0.5, 0.6) is 11.5 Å². The number of para-hydroxylation sites is 2. The van der Waals surface area contributed by atoms with Gasteiger partial charge >= 0.3 is 24.1 Å². The van der Waals surface area contributed by atoms with Gasteiger partial charge < -0.3 is 48.5 Å². The van der Waals surface area contributed by atoms with Gasteiger partial charge in [0.1, 0.15) is 24.7 Å². The number of carbonyl (C=O) groups is 4. The summed E-state index contributed by atoms with van der Waals surface area (Å²) >= 11 is 0. The smallest absolute Gasteiger partial charge is 0.407 e. The highest BCUT2D eigenvalue weighted by Crippen LogP contribution is 2.95. The second-order valence-electron chi connectivity index (χ2n) is 17.1. The van der Waals surface area contributed by atoms with E-state index in [0.29, 0.717) is 66.6 Å². The minimum absolute atomic E-state index is 0.0339. The van der Waals surface area contributed by atoms with Crippen LogP contribution in [0.25, 0.3) is 0 Å². The fourth-order valence-corrected chi connectivity index (χ4v) is 10.6. The minimum Gasteiger partial charge on any atom is -0.490 e. The van der Waals surface area contributed by atoms with Crippen molar-refractivity contribution in [1.29, 1.82) is 0 Å². The standard InChI is InChI=1S/C47H62N2O12/c1-5-40(50)56-23-13-21-48-43(52)60-36(28-58-34-15-9-7-10-16-34)26-54-31-45(4)20-19-39-38(25-45)42-33(3)47(39)30-46(42,47)32-55-27-37(29-59-35-17-11-8-12-18-35)61-44(53)49-22-14-24-57-41(51)6-2/h5-12,15-18,33,36-39,42H,1-2,13-14,19-32H2,3-4H3,(H,48,52)(H,49,53). The molecule has 2 N–H and O–H groups in total. The van der Waals surface area contributed by atoms with Crippen molar-refractivity contribution >= 4 is 24.1 Å². The molecule has 2 aromatic rings. The zero-order valence-electron chi connectivity index (χ0n) is 35.5. The van der Waals surface area contributed by atoms with Gasteiger partial charge in [-0.05, 0) is 97.3 Å². The van der Waals surface area contributed by atoms with E-state index in [0.717, 1.165) is 31.4 Å². The second-order valence-corrected chi connectivity index (χ2v) is 17.1. The third-order valence-corrected chi connectivity index (χ3v) is 13.2. The Balaban J connectivity index is 0.980. The van der Waals surface area contributed by atoms with Crippen molar-refractivity contribution in [3.8, 4) is 11.5 Å². The van der Waals surface area contributed by atoms with Crippen LogP contribution in [0, 0.1) is 39.9 Å². The molecule has 0 heterocycles. The summed E-state index contributed by atoms with van der Waals surface area (Å²) in [5.41, 5.74) is 0.397. The van der Waals surface area contributed by atoms with E-state index in [1.807, 2.05) is 60.7 Å². The molecule has 2 bridgehead atoms. The first-order valence-corrected chi connectivity index (χ1v) is 21.5. The number of hydrogen-bond acceptors (Lipinski definition) is 12. The molecule has 0 radical (unpaired) electrons. The van der Waals surface area contributed by atoms with E-state index in [1.165, 1.54) is 6.42 Å². The number of hydrogen-bond donors (Lipinski definition) is 2. The third kappa shape index (κ3) is 11.3. The predicted octanol–water partition coefficient (Wildman–Crippen LogP) is 6.68. The summed E-state index contributed by atoms with van der Waals surface area (Å²) in [6.45, 7) is 14.2. The van der Waals surface area contributed by atoms with Crippen LogP contribution < -0.4 is 20.1 Å². The summed E-state index contributed by atoms with van der Waals surface area (Å²) in [4.78, 5) is 48.0. The topological polar surface area (TPSA) is 166 Å². The van der Waals surface area contributed by atoms with E-state index < -0.39 is 36.3 Å². The lowest BCUT2D eigenvalue weighted by atomic mass is 9.62. The van der Waals surface area contributed by atoms with E-state index in [4.69, 9.17) is 37.9 Å². The van der Waals surface area contributed by atoms with E-state index in [1.54, 1.807) is 0 Å². The molecule has 2 amide bonds. The van der Waals surface area contributed by atoms with Crippen LogP contribution in [0.15, 0.2) is 86.0 Å². The number of carbonyl (C=O) groups excluding carboxylic acids is 4. The average molecular weight is 847 g/mol. The molecule has 61 heavy (non-hydrogen) atoms. The maximum Gasteiger partial charge on any atom is 0.407 e. The Kier molecular flexibility index (Phi) is 15.7. The van der Waals surface area contributed by atoms with Crippen molar-refractivity contribution < 1.29 is 57.1 Å². The van der Waals surface area contributed by atoms with Gasteiger partial charge in [0.15, 0.2) is 12.2 Å². The number of ether oxygens (including phenoxy) is 8. The van der Waals surface area contributed by atoms with Gasteiger partial charge in [0, 0.05) is 30.7 Å². The molecule has 9 unspecified atom stereocenters. The lowest BCUT2D eigenvalue weighted by Crippen LogP contribution is -2.43. The predicted molar refractivity (Wildman–Crippen MR) is 225 cm³/mol. The Morgan fingerprint density at radius 1 is 0.754 bits per heavy atom. The average Bonchev–Trinajstić information content (AvgIpc) is 3.67. The first-order chi connectivity index (χ1) is 29.5. The molecule has 4 saturated carbocycles. The van der Waals surface area contributed by atoms with Crippen LogP contribution in [0.4, 0.5) is 9.59 Å². The number of alkyl carbamates (subject to hydrolysis) is 2. The van der Waals surface area contributed by atoms with Crippen LogP contribution in [0.1, 0.15) is 52.4 Å². The van der Waals surface area contributed by atoms with Gasteiger partial charge in [0.25, 0.3) is 0 Å². The molecule has 0 spiro atoms. The SMILES string of the molecule is C=CC(=O)OCCCNC(=O)OC(COCC1(C)CCC2C(C1)C1C(C)C23CC13COCC(COc1ccccc1)OC(=O)NCCCOC(=O)C=C)COc1ccccc1. The van der Waals surface area contributed by atoms with Gasteiger partial charge in [-0.2, -0.15) is 0 Å². The highest BCUT2D eigenvalue weighted by atomic mass is 16.6. The second kappa shape index (κ2) is 21.1. The highest BCUT2D eigenvalue weighted by molar-refractivity contribution is 5.81. The maximum atomic E-state index is 12.8. The van der Waals surface area contributed by atoms with Crippen LogP contribution in [-0.2, 0) is 38.0 Å². The summed E-state index contributed by atoms with van der Waals surface area (Å²) in [6, 6.07) is 18.8. The fourth-order valence-electron chi connectivity index (χ4n) is 10.6. The van der Waals surface area contributed by atoms with Gasteiger partial charge in [0.2, 0.25) is 0 Å². The van der Waals surface area contributed by atoms with Crippen molar-refractivity contribution in [2.24, 2.45) is 39.9 Å². The number of amides is 2. The molecule has 0 aliphatic heterocycles. The zero-order chi connectivity index (χ0) is 43.3. The Morgan fingerprint density at radius 2 is 1.26 bits per heavy atom. The summed E-state index contributed by atoms with van der Waals surface area (Å²) in [6.07, 6.45) is 5.03. The molecule has 4 fully saturated rings. The number of esters is 2. The molecule has 4 aliphatic carbocycles. The Labute approximate surface area is 359 Å². The molecule has 0 aromatic heterocycles. The summed E-state index contributed by atoms with van der Waals surface area (Å²) in [5.74, 6) is 2.72. The lowest BCUT2D eigenvalue weighted by molar-refractivity contribution is -0.138. The Bertz CT molecular complexity index is 1800. The van der Waals surface area contributed by atoms with E-state index >= 15 is 0 Å². The van der Waals surface area contributed by atoms with Gasteiger partial charge in [-0.15, -0.1) is 0 Å². The van der Waals surface area contributed by atoms with E-state index in [9.17, 15) is 19.2 Å². The molecule has 9 atom stereocenters. The van der Waals surface area contributed by atoms with Crippen molar-refractivity contribution in [2.75, 3.05) is 65.9 Å². The van der Waals surface area contributed by atoms with Gasteiger partial charge in [-0.3, -0.25) is 0 Å². The molecular formula is C47H62N2O12. The van der Waals surface area contributed by atoms with E-state index in [-0.39, 0.29) is 63.6 Å². The normalized spacial score (nSPS) is 27.3. The van der Waals surface area contributed by atoms with Crippen molar-refractivity contribution in [1.82, 2.24) is 10.6 Å². The first-order valence-electron chi connectivity index (χ1n) is 21.5. The van der Waals surface area contributed by atoms with Gasteiger partial charge in [-0.25, -0.2) is 19.2 Å². The Hall–Kier alpha value is -5.08. The maximum absolute atomic E-state index is 12.8. The molecule has 0 saturated heterocycles. The number of benzene rings is 2. The lowest BCUT2D eigenvalue weighted by Gasteiger charge is -2.44. The summed E-state index contributed by atoms with van der Waals surface area (Å²) in [5, 5.41) is 5.43. The quantitative estimate of drug-likeness (QED) is 0.0447. The molecule has 6 rings (SSSR count). The summed E-state index contributed by atoms with van der Waals surface area (Å²) in [7, 11) is 0. The van der Waals surface area contributed by atoms with Crippen molar-refractivity contribution in [3.05, 3.63) is 86.0 Å². The zero-order valence-corrected chi connectivity index (χ0v) is 35.5. The largest absolute Gasteiger partial charge is 0.490 e. The van der Waals surface area contributed by atoms with Gasteiger partial charge in [-0.1, -0.05) is 63.4 Å². The molecule has 14 nitrogen and oxygen atoms in total. The number of nitrogens with one attached hydrogen (secondary N) is 2. The Morgan fingerprint density at radius 3 is 1.77 bits per heavy atom. The molecule has 2 aromatic carbocycles. The molecular weight excluding hydrogens is 785 g/mol. The van der Waals surface area contributed by atoms with Crippen LogP contribution >= 0.6 is 0 Å². The number of rotatable bonds is 26. The molecule has 332 valence electrons. The van der Waals surface area contributed by atoms with Crippen LogP contribution in [0.3, 0.4) is 0 Å². The monoisotopic (exact) mass is 846 g/mol. The third-order valence-electron chi connectivity index (χ3n) is 13.2. The van der Waals surface area contributed by atoms with Crippen LogP contribution in [0.2, 0.25) is 0 Å². The van der Waals surface area contributed by atoms with Crippen molar-refractivity contribution in [2.45, 2.75) is 64.6 Å². The highest BCUT2D eigenvalue weighted by Gasteiger charge is 2.91. The minimum atomic E-state index is -0.643. The number of fused-ring (bicyclic) bond motifs is 2. The van der Waals surface area contributed by atoms with Crippen molar-refractivity contribution in [3.63, 3.8) is 0 Å². The van der Waals surface area contributed by atoms with Gasteiger partial charge in [0.05, 0.1) is 39.6 Å². The first kappa shape index (κ1) is 45.4. The molecule has 4 aliphatic rings. The van der Waals surface area contributed by atoms with E-state index in [2.05, 4.69) is 37.6 Å². The summed E-state index contributed by atoms with van der Waals surface area (Å²) < 4.78 is 46.2. The van der Waals surface area contributed by atoms with Crippen LogP contribution in [-0.4, -0.2) is 102 Å².